The van der Waals surface area contributed by atoms with Crippen molar-refractivity contribution in [1.29, 1.82) is 5.26 Å². The highest BCUT2D eigenvalue weighted by Crippen LogP contribution is 1.34. The topological polar surface area (TPSA) is 79.0 Å². The molecule has 0 radical (unpaired) electrons. The molecule has 0 heterocycles. The average Bonchev–Trinajstić information content (AvgIpc) is 1.37. The van der Waals surface area contributed by atoms with Crippen molar-refractivity contribution in [3.05, 3.63) is 0 Å². The SMILES string of the molecule is N.N#CCO. The highest BCUT2D eigenvalue weighted by molar-refractivity contribution is 4.63. The number of hydrogen-bond donors (Lipinski definition) is 2. The summed E-state index contributed by atoms with van der Waals surface area (Å²) in [5.74, 6) is 0. The van der Waals surface area contributed by atoms with E-state index in [1.54, 1.807) is 0 Å². The molecule has 4 N–H and O–H groups in total. The van der Waals surface area contributed by atoms with E-state index in [1.165, 1.54) is 6.07 Å². The first kappa shape index (κ1) is 8.83. The summed E-state index contributed by atoms with van der Waals surface area (Å²) in [6.45, 7) is -0.375. The molecule has 0 aliphatic heterocycles. The van der Waals surface area contributed by atoms with Crippen molar-refractivity contribution in [2.75, 3.05) is 6.61 Å². The molecule has 0 aromatic heterocycles. The first-order valence-electron chi connectivity index (χ1n) is 0.893. The molecule has 0 rings (SSSR count). The molecule has 30 valence electrons. The molecule has 0 aliphatic carbocycles. The van der Waals surface area contributed by atoms with E-state index in [1.807, 2.05) is 0 Å². The van der Waals surface area contributed by atoms with E-state index in [4.69, 9.17) is 10.4 Å². The van der Waals surface area contributed by atoms with E-state index in [0.717, 1.165) is 0 Å². The summed E-state index contributed by atoms with van der Waals surface area (Å²) in [4.78, 5) is 0. The van der Waals surface area contributed by atoms with Gasteiger partial charge in [0.15, 0.2) is 0 Å². The van der Waals surface area contributed by atoms with Crippen LogP contribution in [0, 0.1) is 11.3 Å². The van der Waals surface area contributed by atoms with E-state index in [-0.39, 0.29) is 12.8 Å². The predicted molar refractivity (Wildman–Crippen MR) is 17.7 cm³/mol. The molecule has 0 bridgehead atoms. The van der Waals surface area contributed by atoms with E-state index >= 15 is 0 Å². The molecule has 0 saturated carbocycles. The summed E-state index contributed by atoms with van der Waals surface area (Å²) in [5, 5.41) is 14.9. The molecule has 0 amide bonds. The summed E-state index contributed by atoms with van der Waals surface area (Å²) in [6, 6.07) is 1.49. The van der Waals surface area contributed by atoms with Crippen LogP contribution in [0.5, 0.6) is 0 Å². The number of rotatable bonds is 0. The van der Waals surface area contributed by atoms with Gasteiger partial charge < -0.3 is 11.3 Å². The number of nitrogens with zero attached hydrogens (tertiary/aromatic N) is 1. The van der Waals surface area contributed by atoms with Gasteiger partial charge in [0.25, 0.3) is 0 Å². The zero-order valence-corrected chi connectivity index (χ0v) is 2.81. The highest BCUT2D eigenvalue weighted by Gasteiger charge is 1.49. The van der Waals surface area contributed by atoms with Crippen LogP contribution in [0.25, 0.3) is 0 Å². The Labute approximate surface area is 30.4 Å². The highest BCUT2D eigenvalue weighted by atomic mass is 16.2. The van der Waals surface area contributed by atoms with Crippen LogP contribution in [0.2, 0.25) is 0 Å². The molecule has 0 saturated heterocycles. The average molecular weight is 74.1 g/mol. The van der Waals surface area contributed by atoms with Gasteiger partial charge in [-0.05, 0) is 0 Å². The van der Waals surface area contributed by atoms with Gasteiger partial charge in [-0.25, -0.2) is 0 Å². The molecule has 5 heavy (non-hydrogen) atoms. The van der Waals surface area contributed by atoms with Crippen molar-refractivity contribution in [1.82, 2.24) is 6.15 Å². The van der Waals surface area contributed by atoms with Crippen LogP contribution in [0.15, 0.2) is 0 Å². The van der Waals surface area contributed by atoms with Crippen molar-refractivity contribution in [3.8, 4) is 6.07 Å². The van der Waals surface area contributed by atoms with Gasteiger partial charge in [0.05, 0.1) is 6.07 Å². The Kier molecular flexibility index (Phi) is 17.6. The smallest absolute Gasteiger partial charge is 0.130 e. The molecule has 0 spiro atoms. The van der Waals surface area contributed by atoms with Crippen molar-refractivity contribution in [3.63, 3.8) is 0 Å². The fraction of sp³-hybridized carbons (Fsp3) is 0.500. The lowest BCUT2D eigenvalue weighted by Gasteiger charge is -1.50. The largest absolute Gasteiger partial charge is 0.381 e. The normalized spacial score (nSPS) is 4.00. The molecule has 0 unspecified atom stereocenters. The third-order valence-corrected chi connectivity index (χ3v) is 0.0707. The van der Waals surface area contributed by atoms with Gasteiger partial charge in [-0.1, -0.05) is 0 Å². The number of hydrogen-bond acceptors (Lipinski definition) is 3. The van der Waals surface area contributed by atoms with Gasteiger partial charge >= 0.3 is 0 Å². The summed E-state index contributed by atoms with van der Waals surface area (Å²) in [6.07, 6.45) is 0. The van der Waals surface area contributed by atoms with Gasteiger partial charge in [-0.15, -0.1) is 0 Å². The van der Waals surface area contributed by atoms with Crippen LogP contribution in [0.3, 0.4) is 0 Å². The molecule has 0 fully saturated rings. The molecular weight excluding hydrogens is 68.0 g/mol. The van der Waals surface area contributed by atoms with Crippen LogP contribution < -0.4 is 6.15 Å². The van der Waals surface area contributed by atoms with E-state index in [2.05, 4.69) is 0 Å². The van der Waals surface area contributed by atoms with E-state index in [0.29, 0.717) is 0 Å². The van der Waals surface area contributed by atoms with Crippen molar-refractivity contribution < 1.29 is 5.11 Å². The lowest BCUT2D eigenvalue weighted by atomic mass is 10.9. The van der Waals surface area contributed by atoms with Crippen LogP contribution in [0.4, 0.5) is 0 Å². The summed E-state index contributed by atoms with van der Waals surface area (Å²) in [7, 11) is 0. The molecule has 3 nitrogen and oxygen atoms in total. The second kappa shape index (κ2) is 9.96. The third kappa shape index (κ3) is 40.3. The maximum absolute atomic E-state index is 7.51. The Morgan fingerprint density at radius 3 is 2.00 bits per heavy atom. The summed E-state index contributed by atoms with van der Waals surface area (Å²) >= 11 is 0. The molecule has 0 aromatic rings. The summed E-state index contributed by atoms with van der Waals surface area (Å²) in [5.41, 5.74) is 0. The quantitative estimate of drug-likeness (QED) is 0.386. The minimum absolute atomic E-state index is 0. The van der Waals surface area contributed by atoms with E-state index < -0.39 is 0 Å². The molecular formula is C2H6N2O. The molecule has 3 heteroatoms. The second-order valence-electron chi connectivity index (χ2n) is 0.316. The molecule has 0 aromatic carbocycles. The molecule has 0 aliphatic rings. The first-order valence-corrected chi connectivity index (χ1v) is 0.893. The Bertz CT molecular complexity index is 37.4. The monoisotopic (exact) mass is 74.0 g/mol. The Hall–Kier alpha value is -0.590. The third-order valence-electron chi connectivity index (χ3n) is 0.0707. The fourth-order valence-corrected chi connectivity index (χ4v) is 0. The van der Waals surface area contributed by atoms with E-state index in [9.17, 15) is 0 Å². The van der Waals surface area contributed by atoms with Gasteiger partial charge in [-0.3, -0.25) is 0 Å². The number of nitriles is 1. The van der Waals surface area contributed by atoms with Crippen molar-refractivity contribution >= 4 is 0 Å². The van der Waals surface area contributed by atoms with Gasteiger partial charge in [-0.2, -0.15) is 5.26 Å². The number of aliphatic hydroxyl groups excluding tert-OH is 1. The van der Waals surface area contributed by atoms with Gasteiger partial charge in [0.1, 0.15) is 6.61 Å². The van der Waals surface area contributed by atoms with Crippen LogP contribution >= 0.6 is 0 Å². The van der Waals surface area contributed by atoms with Crippen molar-refractivity contribution in [2.24, 2.45) is 0 Å². The minimum Gasteiger partial charge on any atom is -0.381 e. The van der Waals surface area contributed by atoms with Crippen LogP contribution in [0.1, 0.15) is 0 Å². The Balaban J connectivity index is 0. The predicted octanol–water partition coefficient (Wildman–Crippen LogP) is -0.336. The lowest BCUT2D eigenvalue weighted by Crippen LogP contribution is -1.64. The van der Waals surface area contributed by atoms with Crippen LogP contribution in [-0.2, 0) is 0 Å². The van der Waals surface area contributed by atoms with Crippen LogP contribution in [-0.4, -0.2) is 11.7 Å². The number of aliphatic hydroxyl groups is 1. The second-order valence-corrected chi connectivity index (χ2v) is 0.316. The maximum Gasteiger partial charge on any atom is 0.130 e. The minimum atomic E-state index is -0.375. The Morgan fingerprint density at radius 1 is 1.80 bits per heavy atom. The van der Waals surface area contributed by atoms with Gasteiger partial charge in [0, 0.05) is 0 Å². The zero-order chi connectivity index (χ0) is 3.41. The summed E-state index contributed by atoms with van der Waals surface area (Å²) < 4.78 is 0. The Morgan fingerprint density at radius 2 is 2.00 bits per heavy atom. The zero-order valence-electron chi connectivity index (χ0n) is 2.81. The molecule has 0 atom stereocenters. The fourth-order valence-electron chi connectivity index (χ4n) is 0. The first-order chi connectivity index (χ1) is 1.91. The van der Waals surface area contributed by atoms with Crippen molar-refractivity contribution in [2.45, 2.75) is 0 Å². The van der Waals surface area contributed by atoms with Gasteiger partial charge in [0.2, 0.25) is 0 Å². The lowest BCUT2D eigenvalue weighted by molar-refractivity contribution is 0.348. The maximum atomic E-state index is 7.51. The standard InChI is InChI=1S/C2H3NO.H3N/c3-1-2-4;/h4H,2H2;1H3.